The van der Waals surface area contributed by atoms with Crippen LogP contribution in [0, 0.1) is 0 Å². The Morgan fingerprint density at radius 2 is 2.06 bits per heavy atom. The SMILES string of the molecule is CCCNCC(CCC)c1cccc(Cl)c1. The van der Waals surface area contributed by atoms with Crippen LogP contribution in [0.1, 0.15) is 44.6 Å². The molecule has 16 heavy (non-hydrogen) atoms. The van der Waals surface area contributed by atoms with E-state index in [0.717, 1.165) is 18.1 Å². The minimum atomic E-state index is 0.593. The lowest BCUT2D eigenvalue weighted by Crippen LogP contribution is -2.22. The first-order chi connectivity index (χ1) is 7.77. The maximum Gasteiger partial charge on any atom is 0.0408 e. The summed E-state index contributed by atoms with van der Waals surface area (Å²) in [6.45, 7) is 6.58. The molecule has 1 aromatic carbocycles. The van der Waals surface area contributed by atoms with E-state index in [1.54, 1.807) is 0 Å². The van der Waals surface area contributed by atoms with Crippen LogP contribution in [0.5, 0.6) is 0 Å². The lowest BCUT2D eigenvalue weighted by Gasteiger charge is -2.17. The summed E-state index contributed by atoms with van der Waals surface area (Å²) in [4.78, 5) is 0. The molecule has 0 aliphatic carbocycles. The van der Waals surface area contributed by atoms with E-state index in [-0.39, 0.29) is 0 Å². The molecule has 0 aliphatic heterocycles. The molecule has 1 nitrogen and oxygen atoms in total. The fourth-order valence-corrected chi connectivity index (χ4v) is 2.15. The van der Waals surface area contributed by atoms with Crippen LogP contribution in [0.2, 0.25) is 5.02 Å². The van der Waals surface area contributed by atoms with Gasteiger partial charge in [0.25, 0.3) is 0 Å². The van der Waals surface area contributed by atoms with Gasteiger partial charge in [-0.2, -0.15) is 0 Å². The Hall–Kier alpha value is -0.530. The smallest absolute Gasteiger partial charge is 0.0408 e. The van der Waals surface area contributed by atoms with Crippen molar-refractivity contribution in [2.75, 3.05) is 13.1 Å². The molecule has 2 heteroatoms. The number of nitrogens with one attached hydrogen (secondary N) is 1. The first-order valence-electron chi connectivity index (χ1n) is 6.24. The van der Waals surface area contributed by atoms with Crippen LogP contribution in [0.15, 0.2) is 24.3 Å². The molecule has 0 aliphatic rings. The number of hydrogen-bond donors (Lipinski definition) is 1. The van der Waals surface area contributed by atoms with Crippen molar-refractivity contribution in [1.29, 1.82) is 0 Å². The Kier molecular flexibility index (Phi) is 6.51. The molecule has 1 N–H and O–H groups in total. The number of hydrogen-bond acceptors (Lipinski definition) is 1. The van der Waals surface area contributed by atoms with Crippen molar-refractivity contribution in [1.82, 2.24) is 5.32 Å². The second kappa shape index (κ2) is 7.70. The van der Waals surface area contributed by atoms with Gasteiger partial charge in [-0.05, 0) is 43.0 Å². The van der Waals surface area contributed by atoms with E-state index in [1.165, 1.54) is 24.8 Å². The van der Waals surface area contributed by atoms with E-state index in [9.17, 15) is 0 Å². The Morgan fingerprint density at radius 1 is 1.25 bits per heavy atom. The largest absolute Gasteiger partial charge is 0.316 e. The van der Waals surface area contributed by atoms with Crippen LogP contribution in [0.25, 0.3) is 0 Å². The Bertz CT molecular complexity index is 299. The second-order valence-electron chi connectivity index (χ2n) is 4.24. The molecule has 0 aromatic heterocycles. The highest BCUT2D eigenvalue weighted by molar-refractivity contribution is 6.30. The van der Waals surface area contributed by atoms with Gasteiger partial charge in [-0.3, -0.25) is 0 Å². The van der Waals surface area contributed by atoms with Gasteiger partial charge in [0.05, 0.1) is 0 Å². The highest BCUT2D eigenvalue weighted by atomic mass is 35.5. The summed E-state index contributed by atoms with van der Waals surface area (Å²) in [7, 11) is 0. The van der Waals surface area contributed by atoms with Gasteiger partial charge in [0, 0.05) is 11.6 Å². The fraction of sp³-hybridized carbons (Fsp3) is 0.571. The summed E-state index contributed by atoms with van der Waals surface area (Å²) in [5, 5.41) is 4.34. The third-order valence-electron chi connectivity index (χ3n) is 2.77. The molecular weight excluding hydrogens is 218 g/mol. The van der Waals surface area contributed by atoms with Crippen LogP contribution < -0.4 is 5.32 Å². The molecule has 0 bridgehead atoms. The lowest BCUT2D eigenvalue weighted by atomic mass is 9.94. The Balaban J connectivity index is 2.61. The average Bonchev–Trinajstić information content (AvgIpc) is 2.28. The van der Waals surface area contributed by atoms with Gasteiger partial charge in [-0.15, -0.1) is 0 Å². The van der Waals surface area contributed by atoms with Crippen LogP contribution in [0.3, 0.4) is 0 Å². The number of benzene rings is 1. The number of halogens is 1. The van der Waals surface area contributed by atoms with Crippen molar-refractivity contribution in [3.63, 3.8) is 0 Å². The summed E-state index contributed by atoms with van der Waals surface area (Å²) < 4.78 is 0. The van der Waals surface area contributed by atoms with Gasteiger partial charge in [-0.1, -0.05) is 44.0 Å². The fourth-order valence-electron chi connectivity index (χ4n) is 1.95. The summed E-state index contributed by atoms with van der Waals surface area (Å²) in [6, 6.07) is 8.25. The van der Waals surface area contributed by atoms with Gasteiger partial charge in [-0.25, -0.2) is 0 Å². The van der Waals surface area contributed by atoms with Gasteiger partial charge in [0.1, 0.15) is 0 Å². The molecule has 0 heterocycles. The van der Waals surface area contributed by atoms with Gasteiger partial charge >= 0.3 is 0 Å². The third kappa shape index (κ3) is 4.54. The highest BCUT2D eigenvalue weighted by Crippen LogP contribution is 2.23. The van der Waals surface area contributed by atoms with Gasteiger partial charge in [0.2, 0.25) is 0 Å². The summed E-state index contributed by atoms with van der Waals surface area (Å²) in [6.07, 6.45) is 3.62. The van der Waals surface area contributed by atoms with Crippen molar-refractivity contribution in [2.24, 2.45) is 0 Å². The molecule has 0 fully saturated rings. The van der Waals surface area contributed by atoms with Crippen molar-refractivity contribution in [3.05, 3.63) is 34.9 Å². The van der Waals surface area contributed by atoms with Crippen LogP contribution in [-0.2, 0) is 0 Å². The zero-order chi connectivity index (χ0) is 11.8. The Labute approximate surface area is 104 Å². The molecule has 0 amide bonds. The zero-order valence-corrected chi connectivity index (χ0v) is 11.1. The van der Waals surface area contributed by atoms with Crippen molar-refractivity contribution >= 4 is 11.6 Å². The lowest BCUT2D eigenvalue weighted by molar-refractivity contribution is 0.543. The second-order valence-corrected chi connectivity index (χ2v) is 4.68. The third-order valence-corrected chi connectivity index (χ3v) is 3.01. The maximum atomic E-state index is 6.03. The van der Waals surface area contributed by atoms with E-state index in [0.29, 0.717) is 5.92 Å². The van der Waals surface area contributed by atoms with E-state index in [4.69, 9.17) is 11.6 Å². The quantitative estimate of drug-likeness (QED) is 0.703. The summed E-state index contributed by atoms with van der Waals surface area (Å²) in [5.41, 5.74) is 1.36. The minimum absolute atomic E-state index is 0.593. The Morgan fingerprint density at radius 3 is 2.69 bits per heavy atom. The molecule has 1 rings (SSSR count). The molecule has 90 valence electrons. The molecule has 0 spiro atoms. The van der Waals surface area contributed by atoms with Crippen molar-refractivity contribution in [2.45, 2.75) is 39.0 Å². The molecule has 0 radical (unpaired) electrons. The maximum absolute atomic E-state index is 6.03. The minimum Gasteiger partial charge on any atom is -0.316 e. The summed E-state index contributed by atoms with van der Waals surface area (Å²) in [5.74, 6) is 0.593. The van der Waals surface area contributed by atoms with Gasteiger partial charge in [0.15, 0.2) is 0 Å². The average molecular weight is 240 g/mol. The van der Waals surface area contributed by atoms with E-state index < -0.39 is 0 Å². The predicted octanol–water partition coefficient (Wildman–Crippen LogP) is 4.22. The van der Waals surface area contributed by atoms with Crippen molar-refractivity contribution in [3.8, 4) is 0 Å². The molecule has 0 saturated carbocycles. The first kappa shape index (κ1) is 13.5. The van der Waals surface area contributed by atoms with Crippen LogP contribution in [-0.4, -0.2) is 13.1 Å². The van der Waals surface area contributed by atoms with Crippen molar-refractivity contribution < 1.29 is 0 Å². The van der Waals surface area contributed by atoms with E-state index in [2.05, 4.69) is 31.3 Å². The zero-order valence-electron chi connectivity index (χ0n) is 10.3. The topological polar surface area (TPSA) is 12.0 Å². The molecule has 1 atom stereocenters. The van der Waals surface area contributed by atoms with Gasteiger partial charge < -0.3 is 5.32 Å². The van der Waals surface area contributed by atoms with E-state index in [1.807, 2.05) is 12.1 Å². The first-order valence-corrected chi connectivity index (χ1v) is 6.61. The predicted molar refractivity (Wildman–Crippen MR) is 72.3 cm³/mol. The molecule has 0 saturated heterocycles. The van der Waals surface area contributed by atoms with Crippen LogP contribution >= 0.6 is 11.6 Å². The standard InChI is InChI=1S/C14H22ClN/c1-3-6-13(11-16-9-4-2)12-7-5-8-14(15)10-12/h5,7-8,10,13,16H,3-4,6,9,11H2,1-2H3. The molecular formula is C14H22ClN. The highest BCUT2D eigenvalue weighted by Gasteiger charge is 2.10. The summed E-state index contributed by atoms with van der Waals surface area (Å²) >= 11 is 6.03. The normalized spacial score (nSPS) is 12.7. The molecule has 1 aromatic rings. The number of rotatable bonds is 7. The van der Waals surface area contributed by atoms with Crippen LogP contribution in [0.4, 0.5) is 0 Å². The van der Waals surface area contributed by atoms with E-state index >= 15 is 0 Å². The monoisotopic (exact) mass is 239 g/mol. The molecule has 1 unspecified atom stereocenters.